The number of fused-ring (bicyclic) bond motifs is 4. The third kappa shape index (κ3) is 2.28. The van der Waals surface area contributed by atoms with Crippen molar-refractivity contribution in [2.24, 2.45) is 11.8 Å². The van der Waals surface area contributed by atoms with Gasteiger partial charge in [-0.25, -0.2) is 8.78 Å². The van der Waals surface area contributed by atoms with Crippen molar-refractivity contribution in [3.05, 3.63) is 77.0 Å². The van der Waals surface area contributed by atoms with Crippen LogP contribution in [0.5, 0.6) is 0 Å². The Kier molecular flexibility index (Phi) is 3.29. The van der Waals surface area contributed by atoms with E-state index in [0.29, 0.717) is 12.0 Å². The summed E-state index contributed by atoms with van der Waals surface area (Å²) >= 11 is 0. The summed E-state index contributed by atoms with van der Waals surface area (Å²) in [5.41, 5.74) is 0.211. The Morgan fingerprint density at radius 3 is 2.70 bits per heavy atom. The van der Waals surface area contributed by atoms with Gasteiger partial charge < -0.3 is 15.1 Å². The van der Waals surface area contributed by atoms with Gasteiger partial charge in [-0.05, 0) is 23.1 Å². The highest BCUT2D eigenvalue weighted by molar-refractivity contribution is 6.09. The van der Waals surface area contributed by atoms with Crippen LogP contribution in [0.2, 0.25) is 0 Å². The van der Waals surface area contributed by atoms with Gasteiger partial charge in [-0.2, -0.15) is 0 Å². The molecule has 2 heterocycles. The van der Waals surface area contributed by atoms with Gasteiger partial charge in [0.1, 0.15) is 17.2 Å². The molecule has 3 aliphatic rings. The van der Waals surface area contributed by atoms with E-state index in [1.54, 1.807) is 0 Å². The highest BCUT2D eigenvalue weighted by Gasteiger charge is 2.89. The quantitative estimate of drug-likeness (QED) is 0.691. The summed E-state index contributed by atoms with van der Waals surface area (Å²) in [5, 5.41) is 12.9. The Hall–Kier alpha value is -3.62. The van der Waals surface area contributed by atoms with Crippen LogP contribution in [0.25, 0.3) is 0 Å². The first kappa shape index (κ1) is 17.3. The van der Waals surface area contributed by atoms with Crippen LogP contribution in [0.15, 0.2) is 46.9 Å². The third-order valence-corrected chi connectivity index (χ3v) is 6.20. The number of nitrogens with one attached hydrogen (secondary N) is 2. The lowest BCUT2D eigenvalue weighted by Crippen LogP contribution is -2.51. The molecule has 2 saturated carbocycles. The SMILES string of the molecule is O=C(N[C@@]12C(=O)Nc3c(F)cc(F)cc3[C@@H]3C1[C@@H]32)c1nnc(Cc2ccccc2)o1. The van der Waals surface area contributed by atoms with E-state index < -0.39 is 29.0 Å². The number of carbonyl (C=O) groups is 2. The van der Waals surface area contributed by atoms with E-state index in [-0.39, 0.29) is 35.2 Å². The van der Waals surface area contributed by atoms with Gasteiger partial charge >= 0.3 is 11.8 Å². The van der Waals surface area contributed by atoms with Gasteiger partial charge in [0.05, 0.1) is 12.1 Å². The standard InChI is InChI=1S/C21H14F2N4O3/c22-10-7-11-14-15-16(14)21(15,20(29)24-17(11)12(23)8-10)25-18(28)19-27-26-13(30-19)6-9-4-2-1-3-5-9/h1-5,7-8,14-16H,6H2,(H,24,29)(H,25,28)/t14-,15+,16?,21+/m0/s1. The van der Waals surface area contributed by atoms with E-state index in [4.69, 9.17) is 4.42 Å². The zero-order chi connectivity index (χ0) is 20.6. The summed E-state index contributed by atoms with van der Waals surface area (Å²) in [6, 6.07) is 11.4. The maximum absolute atomic E-state index is 14.1. The summed E-state index contributed by atoms with van der Waals surface area (Å²) in [6.45, 7) is 0. The van der Waals surface area contributed by atoms with E-state index in [9.17, 15) is 18.4 Å². The Morgan fingerprint density at radius 2 is 1.93 bits per heavy atom. The number of amides is 2. The molecule has 150 valence electrons. The van der Waals surface area contributed by atoms with Crippen LogP contribution in [0.4, 0.5) is 14.5 Å². The minimum absolute atomic E-state index is 0.0181. The van der Waals surface area contributed by atoms with Crippen molar-refractivity contribution in [2.75, 3.05) is 5.32 Å². The minimum Gasteiger partial charge on any atom is -0.417 e. The Bertz CT molecular complexity index is 1220. The maximum atomic E-state index is 14.1. The average molecular weight is 408 g/mol. The summed E-state index contributed by atoms with van der Waals surface area (Å²) in [4.78, 5) is 25.4. The molecule has 2 aromatic carbocycles. The van der Waals surface area contributed by atoms with Crippen LogP contribution in [0.1, 0.15) is 33.6 Å². The number of aromatic nitrogens is 2. The van der Waals surface area contributed by atoms with Crippen molar-refractivity contribution < 1.29 is 22.8 Å². The predicted octanol–water partition coefficient (Wildman–Crippen LogP) is 2.40. The molecular weight excluding hydrogens is 394 g/mol. The Balaban J connectivity index is 1.21. The number of benzene rings is 2. The van der Waals surface area contributed by atoms with Crippen molar-refractivity contribution in [3.8, 4) is 0 Å². The van der Waals surface area contributed by atoms with Crippen molar-refractivity contribution in [1.82, 2.24) is 15.5 Å². The van der Waals surface area contributed by atoms with Crippen LogP contribution in [-0.4, -0.2) is 27.6 Å². The van der Waals surface area contributed by atoms with E-state index >= 15 is 0 Å². The van der Waals surface area contributed by atoms with Gasteiger partial charge in [0, 0.05) is 17.9 Å². The molecule has 0 radical (unpaired) electrons. The molecule has 2 amide bonds. The second kappa shape index (κ2) is 5.71. The molecule has 2 aliphatic carbocycles. The highest BCUT2D eigenvalue weighted by Crippen LogP contribution is 2.81. The van der Waals surface area contributed by atoms with E-state index in [2.05, 4.69) is 20.8 Å². The fourth-order valence-electron chi connectivity index (χ4n) is 4.75. The third-order valence-electron chi connectivity index (χ3n) is 6.20. The number of anilines is 1. The summed E-state index contributed by atoms with van der Waals surface area (Å²) < 4.78 is 33.2. The fraction of sp³-hybridized carbons (Fsp3) is 0.238. The topological polar surface area (TPSA) is 97.1 Å². The lowest BCUT2D eigenvalue weighted by atomic mass is 9.92. The number of hydrogen-bond acceptors (Lipinski definition) is 5. The number of hydrogen-bond donors (Lipinski definition) is 2. The molecule has 9 heteroatoms. The van der Waals surface area contributed by atoms with E-state index in [0.717, 1.165) is 11.6 Å². The van der Waals surface area contributed by atoms with Gasteiger partial charge in [-0.15, -0.1) is 10.2 Å². The second-order valence-electron chi connectivity index (χ2n) is 7.87. The molecule has 7 nitrogen and oxygen atoms in total. The molecule has 4 atom stereocenters. The maximum Gasteiger partial charge on any atom is 0.309 e. The van der Waals surface area contributed by atoms with E-state index in [1.807, 2.05) is 30.3 Å². The molecule has 30 heavy (non-hydrogen) atoms. The number of carbonyl (C=O) groups excluding carboxylic acids is 2. The molecule has 1 unspecified atom stereocenters. The first-order chi connectivity index (χ1) is 14.5. The smallest absolute Gasteiger partial charge is 0.309 e. The predicted molar refractivity (Wildman–Crippen MR) is 98.5 cm³/mol. The van der Waals surface area contributed by atoms with E-state index in [1.165, 1.54) is 6.07 Å². The lowest BCUT2D eigenvalue weighted by molar-refractivity contribution is -0.120. The normalized spacial score (nSPS) is 27.4. The zero-order valence-corrected chi connectivity index (χ0v) is 15.4. The number of rotatable bonds is 4. The van der Waals surface area contributed by atoms with Gasteiger partial charge in [0.2, 0.25) is 5.89 Å². The summed E-state index contributed by atoms with van der Waals surface area (Å²) in [6.07, 6.45) is 0.375. The zero-order valence-electron chi connectivity index (χ0n) is 15.4. The van der Waals surface area contributed by atoms with Gasteiger partial charge in [0.25, 0.3) is 5.91 Å². The Morgan fingerprint density at radius 1 is 1.17 bits per heavy atom. The first-order valence-corrected chi connectivity index (χ1v) is 9.48. The molecule has 2 fully saturated rings. The largest absolute Gasteiger partial charge is 0.417 e. The molecule has 0 bridgehead atoms. The molecule has 0 spiro atoms. The van der Waals surface area contributed by atoms with Crippen molar-refractivity contribution in [2.45, 2.75) is 17.9 Å². The van der Waals surface area contributed by atoms with Crippen LogP contribution in [0, 0.1) is 23.5 Å². The summed E-state index contributed by atoms with van der Waals surface area (Å²) in [7, 11) is 0. The van der Waals surface area contributed by atoms with Gasteiger partial charge in [-0.1, -0.05) is 30.3 Å². The molecule has 2 N–H and O–H groups in total. The number of halogens is 2. The van der Waals surface area contributed by atoms with Crippen molar-refractivity contribution >= 4 is 17.5 Å². The van der Waals surface area contributed by atoms with Gasteiger partial charge in [0.15, 0.2) is 0 Å². The first-order valence-electron chi connectivity index (χ1n) is 9.48. The monoisotopic (exact) mass is 408 g/mol. The summed E-state index contributed by atoms with van der Waals surface area (Å²) in [5.74, 6) is -3.24. The molecule has 6 rings (SSSR count). The lowest BCUT2D eigenvalue weighted by Gasteiger charge is -2.22. The van der Waals surface area contributed by atoms with Crippen LogP contribution in [0.3, 0.4) is 0 Å². The van der Waals surface area contributed by atoms with Crippen LogP contribution < -0.4 is 10.6 Å². The van der Waals surface area contributed by atoms with Crippen molar-refractivity contribution in [1.29, 1.82) is 0 Å². The van der Waals surface area contributed by atoms with Crippen molar-refractivity contribution in [3.63, 3.8) is 0 Å². The molecule has 1 aromatic heterocycles. The molecule has 0 saturated heterocycles. The average Bonchev–Trinajstić information content (AvgIpc) is 3.57. The van der Waals surface area contributed by atoms with Crippen LogP contribution >= 0.6 is 0 Å². The Labute approximate surface area is 168 Å². The molecular formula is C21H14F2N4O3. The van der Waals surface area contributed by atoms with Crippen LogP contribution in [-0.2, 0) is 11.2 Å². The fourth-order valence-corrected chi connectivity index (χ4v) is 4.75. The molecule has 3 aromatic rings. The minimum atomic E-state index is -1.16. The highest BCUT2D eigenvalue weighted by atomic mass is 19.1. The second-order valence-corrected chi connectivity index (χ2v) is 7.87. The van der Waals surface area contributed by atoms with Gasteiger partial charge in [-0.3, -0.25) is 9.59 Å². The number of nitrogens with zero attached hydrogens (tertiary/aromatic N) is 2. The molecule has 1 aliphatic heterocycles.